The van der Waals surface area contributed by atoms with Crippen molar-refractivity contribution in [2.45, 2.75) is 32.2 Å². The number of piperidine rings is 1. The van der Waals surface area contributed by atoms with Gasteiger partial charge in [-0.15, -0.1) is 0 Å². The fourth-order valence-electron chi connectivity index (χ4n) is 5.41. The molecule has 2 fully saturated rings. The Morgan fingerprint density at radius 1 is 0.857 bits per heavy atom. The number of nitrogens with zero attached hydrogens (tertiary/aromatic N) is 2. The maximum atomic E-state index is 13.1. The lowest BCUT2D eigenvalue weighted by molar-refractivity contribution is -0.127. The zero-order chi connectivity index (χ0) is 24.3. The third-order valence-corrected chi connectivity index (χ3v) is 7.55. The number of nitrogens with one attached hydrogen (secondary N) is 1. The SMILES string of the molecule is CC(NC(=O)N1CCC2(CCN(C(=O)C#Cc3ccccc3)CC2)C1)c1cccc2ccccc12. The summed E-state index contributed by atoms with van der Waals surface area (Å²) in [6, 6.07) is 24.0. The molecule has 35 heavy (non-hydrogen) atoms. The van der Waals surface area contributed by atoms with Gasteiger partial charge < -0.3 is 15.1 Å². The van der Waals surface area contributed by atoms with Crippen LogP contribution in [0.2, 0.25) is 0 Å². The number of benzene rings is 3. The van der Waals surface area contributed by atoms with Crippen LogP contribution in [0.15, 0.2) is 72.8 Å². The molecule has 5 heteroatoms. The second kappa shape index (κ2) is 9.84. The Hall–Kier alpha value is -3.78. The number of likely N-dealkylation sites (tertiary alicyclic amines) is 2. The molecule has 178 valence electrons. The number of amides is 3. The molecule has 0 bridgehead atoms. The molecule has 3 aromatic rings. The van der Waals surface area contributed by atoms with Gasteiger partial charge in [0.05, 0.1) is 6.04 Å². The number of carbonyl (C=O) groups excluding carboxylic acids is 2. The predicted molar refractivity (Wildman–Crippen MR) is 139 cm³/mol. The second-order valence-electron chi connectivity index (χ2n) is 9.82. The maximum absolute atomic E-state index is 13.1. The van der Waals surface area contributed by atoms with E-state index in [0.29, 0.717) is 13.1 Å². The van der Waals surface area contributed by atoms with Crippen LogP contribution in [0.4, 0.5) is 4.79 Å². The van der Waals surface area contributed by atoms with Crippen LogP contribution < -0.4 is 5.32 Å². The van der Waals surface area contributed by atoms with Crippen LogP contribution in [0.1, 0.15) is 43.4 Å². The summed E-state index contributed by atoms with van der Waals surface area (Å²) in [4.78, 5) is 29.5. The summed E-state index contributed by atoms with van der Waals surface area (Å²) in [7, 11) is 0. The molecular formula is C30H31N3O2. The quantitative estimate of drug-likeness (QED) is 0.543. The number of carbonyl (C=O) groups is 2. The van der Waals surface area contributed by atoms with Crippen molar-refractivity contribution in [3.8, 4) is 11.8 Å². The van der Waals surface area contributed by atoms with Crippen LogP contribution in [0.5, 0.6) is 0 Å². The summed E-state index contributed by atoms with van der Waals surface area (Å²) in [5.41, 5.74) is 2.09. The van der Waals surface area contributed by atoms with E-state index >= 15 is 0 Å². The van der Waals surface area contributed by atoms with Crippen LogP contribution in [0.3, 0.4) is 0 Å². The molecule has 1 unspecified atom stereocenters. The first kappa shape index (κ1) is 23.0. The summed E-state index contributed by atoms with van der Waals surface area (Å²) in [6.45, 7) is 4.95. The zero-order valence-corrected chi connectivity index (χ0v) is 20.2. The first-order valence-corrected chi connectivity index (χ1v) is 12.4. The van der Waals surface area contributed by atoms with E-state index in [0.717, 1.165) is 43.5 Å². The summed E-state index contributed by atoms with van der Waals surface area (Å²) < 4.78 is 0. The molecule has 3 amide bonds. The van der Waals surface area contributed by atoms with Crippen LogP contribution in [-0.2, 0) is 4.79 Å². The molecule has 2 aliphatic rings. The number of hydrogen-bond donors (Lipinski definition) is 1. The molecule has 0 aromatic heterocycles. The summed E-state index contributed by atoms with van der Waals surface area (Å²) in [5.74, 6) is 5.64. The van der Waals surface area contributed by atoms with Gasteiger partial charge in [-0.1, -0.05) is 66.6 Å². The van der Waals surface area contributed by atoms with Gasteiger partial charge in [-0.05, 0) is 60.1 Å². The van der Waals surface area contributed by atoms with Crippen LogP contribution in [-0.4, -0.2) is 47.9 Å². The summed E-state index contributed by atoms with van der Waals surface area (Å²) in [5, 5.41) is 5.57. The monoisotopic (exact) mass is 465 g/mol. The van der Waals surface area contributed by atoms with Gasteiger partial charge in [0.25, 0.3) is 5.91 Å². The second-order valence-corrected chi connectivity index (χ2v) is 9.82. The minimum absolute atomic E-state index is 0.00505. The molecule has 2 heterocycles. The predicted octanol–water partition coefficient (Wildman–Crippen LogP) is 4.98. The average Bonchev–Trinajstić information content (AvgIpc) is 3.31. The molecule has 0 saturated carbocycles. The molecule has 2 aliphatic heterocycles. The molecular weight excluding hydrogens is 434 g/mol. The Morgan fingerprint density at radius 2 is 1.51 bits per heavy atom. The highest BCUT2D eigenvalue weighted by Crippen LogP contribution is 2.40. The third-order valence-electron chi connectivity index (χ3n) is 7.55. The highest BCUT2D eigenvalue weighted by Gasteiger charge is 2.42. The first-order chi connectivity index (χ1) is 17.0. The Morgan fingerprint density at radius 3 is 2.29 bits per heavy atom. The topological polar surface area (TPSA) is 52.7 Å². The highest BCUT2D eigenvalue weighted by molar-refractivity contribution is 5.94. The molecule has 0 radical (unpaired) electrons. The van der Waals surface area contributed by atoms with Gasteiger partial charge in [-0.2, -0.15) is 0 Å². The van der Waals surface area contributed by atoms with Gasteiger partial charge in [0.15, 0.2) is 0 Å². The van der Waals surface area contributed by atoms with Gasteiger partial charge in [-0.3, -0.25) is 4.79 Å². The van der Waals surface area contributed by atoms with Crippen molar-refractivity contribution in [1.29, 1.82) is 0 Å². The molecule has 3 aromatic carbocycles. The van der Waals surface area contributed by atoms with E-state index in [1.54, 1.807) is 0 Å². The van der Waals surface area contributed by atoms with Crippen LogP contribution in [0, 0.1) is 17.3 Å². The highest BCUT2D eigenvalue weighted by atomic mass is 16.2. The number of fused-ring (bicyclic) bond motifs is 1. The van der Waals surface area contributed by atoms with Crippen molar-refractivity contribution in [3.05, 3.63) is 83.9 Å². The number of hydrogen-bond acceptors (Lipinski definition) is 2. The van der Waals surface area contributed by atoms with Crippen molar-refractivity contribution < 1.29 is 9.59 Å². The molecule has 0 aliphatic carbocycles. The standard InChI is InChI=1S/C30H31N3O2/c1-23(26-13-7-11-25-10-5-6-12-27(25)26)31-29(35)33-21-18-30(22-33)16-19-32(20-17-30)28(34)15-14-24-8-3-2-4-9-24/h2-13,23H,16-22H2,1H3,(H,31,35). The van der Waals surface area contributed by atoms with Gasteiger partial charge in [0, 0.05) is 37.7 Å². The molecule has 1 atom stereocenters. The molecule has 1 spiro atoms. The van der Waals surface area contributed by atoms with E-state index in [-0.39, 0.29) is 23.4 Å². The lowest BCUT2D eigenvalue weighted by Crippen LogP contribution is -2.45. The van der Waals surface area contributed by atoms with E-state index in [1.807, 2.05) is 65.3 Å². The lowest BCUT2D eigenvalue weighted by atomic mass is 9.78. The van der Waals surface area contributed by atoms with Gasteiger partial charge >= 0.3 is 6.03 Å². The third kappa shape index (κ3) is 5.02. The first-order valence-electron chi connectivity index (χ1n) is 12.4. The molecule has 1 N–H and O–H groups in total. The molecule has 5 nitrogen and oxygen atoms in total. The largest absolute Gasteiger partial charge is 0.332 e. The number of rotatable bonds is 2. The van der Waals surface area contributed by atoms with Gasteiger partial charge in [0.1, 0.15) is 0 Å². The Labute approximate surface area is 207 Å². The van der Waals surface area contributed by atoms with E-state index in [1.165, 1.54) is 10.8 Å². The smallest absolute Gasteiger partial charge is 0.317 e. The molecule has 2 saturated heterocycles. The minimum Gasteiger partial charge on any atom is -0.332 e. The van der Waals surface area contributed by atoms with Crippen molar-refractivity contribution in [2.75, 3.05) is 26.2 Å². The number of urea groups is 1. The fraction of sp³-hybridized carbons (Fsp3) is 0.333. The van der Waals surface area contributed by atoms with E-state index in [9.17, 15) is 9.59 Å². The van der Waals surface area contributed by atoms with Crippen molar-refractivity contribution >= 4 is 22.7 Å². The van der Waals surface area contributed by atoms with Crippen LogP contribution >= 0.6 is 0 Å². The van der Waals surface area contributed by atoms with E-state index in [2.05, 4.69) is 41.4 Å². The minimum atomic E-state index is -0.111. The normalized spacial score (nSPS) is 17.6. The zero-order valence-electron chi connectivity index (χ0n) is 20.2. The average molecular weight is 466 g/mol. The van der Waals surface area contributed by atoms with Crippen molar-refractivity contribution in [1.82, 2.24) is 15.1 Å². The Kier molecular flexibility index (Phi) is 6.46. The van der Waals surface area contributed by atoms with Crippen LogP contribution in [0.25, 0.3) is 10.8 Å². The maximum Gasteiger partial charge on any atom is 0.317 e. The Balaban J connectivity index is 1.16. The summed E-state index contributed by atoms with van der Waals surface area (Å²) >= 11 is 0. The molecule has 5 rings (SSSR count). The van der Waals surface area contributed by atoms with E-state index in [4.69, 9.17) is 0 Å². The van der Waals surface area contributed by atoms with Gasteiger partial charge in [-0.25, -0.2) is 4.79 Å². The summed E-state index contributed by atoms with van der Waals surface area (Å²) in [6.07, 6.45) is 2.81. The van der Waals surface area contributed by atoms with Gasteiger partial charge in [0.2, 0.25) is 0 Å². The lowest BCUT2D eigenvalue weighted by Gasteiger charge is -2.38. The Bertz CT molecular complexity index is 1280. The van der Waals surface area contributed by atoms with Crippen molar-refractivity contribution in [3.63, 3.8) is 0 Å². The van der Waals surface area contributed by atoms with Crippen molar-refractivity contribution in [2.24, 2.45) is 5.41 Å². The fourth-order valence-corrected chi connectivity index (χ4v) is 5.41. The van der Waals surface area contributed by atoms with E-state index < -0.39 is 0 Å².